The van der Waals surface area contributed by atoms with Crippen LogP contribution in [0.4, 0.5) is 0 Å². The number of hydrogen-bond acceptors (Lipinski definition) is 3. The van der Waals surface area contributed by atoms with E-state index in [2.05, 4.69) is 35.8 Å². The predicted molar refractivity (Wildman–Crippen MR) is 54.3 cm³/mol. The highest BCUT2D eigenvalue weighted by Crippen LogP contribution is 2.40. The van der Waals surface area contributed by atoms with Gasteiger partial charge in [-0.2, -0.15) is 11.8 Å². The number of thioether (sulfide) groups is 2. The standard InChI is InChI=1S/C8H15NS2/c1-7-5-11-8(9-7)3-2-4-10-6-8/h7,9H,2-6H2,1H3. The van der Waals surface area contributed by atoms with Gasteiger partial charge in [0, 0.05) is 17.5 Å². The number of rotatable bonds is 0. The van der Waals surface area contributed by atoms with Crippen molar-refractivity contribution >= 4 is 23.5 Å². The Morgan fingerprint density at radius 3 is 3.00 bits per heavy atom. The molecule has 2 heterocycles. The van der Waals surface area contributed by atoms with Crippen LogP contribution >= 0.6 is 23.5 Å². The zero-order valence-corrected chi connectivity index (χ0v) is 8.56. The van der Waals surface area contributed by atoms with E-state index in [1.54, 1.807) is 0 Å². The first kappa shape index (κ1) is 8.27. The van der Waals surface area contributed by atoms with Gasteiger partial charge in [0.2, 0.25) is 0 Å². The van der Waals surface area contributed by atoms with Crippen molar-refractivity contribution in [1.29, 1.82) is 0 Å². The molecule has 2 saturated heterocycles. The lowest BCUT2D eigenvalue weighted by molar-refractivity contribution is 0.452. The summed E-state index contributed by atoms with van der Waals surface area (Å²) in [6.45, 7) is 2.29. The SMILES string of the molecule is CC1CSC2(CCCSC2)N1. The Morgan fingerprint density at radius 1 is 1.55 bits per heavy atom. The van der Waals surface area contributed by atoms with Crippen LogP contribution in [0.1, 0.15) is 19.8 Å². The molecule has 2 rings (SSSR count). The van der Waals surface area contributed by atoms with Crippen LogP contribution in [0.5, 0.6) is 0 Å². The number of nitrogens with one attached hydrogen (secondary N) is 1. The van der Waals surface area contributed by atoms with E-state index in [0.29, 0.717) is 4.87 Å². The van der Waals surface area contributed by atoms with Gasteiger partial charge >= 0.3 is 0 Å². The Kier molecular flexibility index (Phi) is 2.40. The minimum atomic E-state index is 0.475. The van der Waals surface area contributed by atoms with Crippen LogP contribution in [0, 0.1) is 0 Å². The summed E-state index contributed by atoms with van der Waals surface area (Å²) in [7, 11) is 0. The lowest BCUT2D eigenvalue weighted by Crippen LogP contribution is -2.44. The third-order valence-corrected chi connectivity index (χ3v) is 5.47. The molecule has 1 nitrogen and oxygen atoms in total. The van der Waals surface area contributed by atoms with Crippen LogP contribution in [-0.4, -0.2) is 28.2 Å². The summed E-state index contributed by atoms with van der Waals surface area (Å²) in [4.78, 5) is 0.475. The van der Waals surface area contributed by atoms with Crippen LogP contribution in [0.2, 0.25) is 0 Å². The van der Waals surface area contributed by atoms with Crippen molar-refractivity contribution in [1.82, 2.24) is 5.32 Å². The summed E-state index contributed by atoms with van der Waals surface area (Å²) < 4.78 is 0. The lowest BCUT2D eigenvalue weighted by Gasteiger charge is -2.32. The summed E-state index contributed by atoms with van der Waals surface area (Å²) >= 11 is 4.25. The van der Waals surface area contributed by atoms with Crippen molar-refractivity contribution in [2.75, 3.05) is 17.3 Å². The Bertz CT molecular complexity index is 138. The van der Waals surface area contributed by atoms with E-state index in [0.717, 1.165) is 6.04 Å². The molecule has 1 spiro atoms. The maximum absolute atomic E-state index is 3.71. The second-order valence-electron chi connectivity index (χ2n) is 3.51. The van der Waals surface area contributed by atoms with Crippen molar-refractivity contribution in [2.24, 2.45) is 0 Å². The van der Waals surface area contributed by atoms with Gasteiger partial charge in [-0.15, -0.1) is 11.8 Å². The van der Waals surface area contributed by atoms with E-state index in [1.165, 1.54) is 30.1 Å². The molecule has 0 saturated carbocycles. The van der Waals surface area contributed by atoms with Crippen LogP contribution in [-0.2, 0) is 0 Å². The van der Waals surface area contributed by atoms with Crippen molar-refractivity contribution in [2.45, 2.75) is 30.7 Å². The van der Waals surface area contributed by atoms with Gasteiger partial charge in [0.05, 0.1) is 4.87 Å². The third-order valence-electron chi connectivity index (χ3n) is 2.32. The van der Waals surface area contributed by atoms with Gasteiger partial charge < -0.3 is 0 Å². The molecule has 3 heteroatoms. The summed E-state index contributed by atoms with van der Waals surface area (Å²) in [6, 6.07) is 0.735. The minimum Gasteiger partial charge on any atom is -0.299 e. The van der Waals surface area contributed by atoms with Gasteiger partial charge in [-0.05, 0) is 25.5 Å². The highest BCUT2D eigenvalue weighted by molar-refractivity contribution is 8.04. The summed E-state index contributed by atoms with van der Waals surface area (Å²) in [5.74, 6) is 4.00. The molecule has 1 N–H and O–H groups in total. The monoisotopic (exact) mass is 189 g/mol. The van der Waals surface area contributed by atoms with E-state index in [4.69, 9.17) is 0 Å². The van der Waals surface area contributed by atoms with Gasteiger partial charge in [0.1, 0.15) is 0 Å². The molecular weight excluding hydrogens is 174 g/mol. The maximum atomic E-state index is 3.71. The second kappa shape index (κ2) is 3.19. The summed E-state index contributed by atoms with van der Waals surface area (Å²) in [5, 5.41) is 3.71. The molecule has 2 aliphatic rings. The van der Waals surface area contributed by atoms with Crippen LogP contribution in [0.25, 0.3) is 0 Å². The van der Waals surface area contributed by atoms with Crippen molar-refractivity contribution < 1.29 is 0 Å². The highest BCUT2D eigenvalue weighted by atomic mass is 32.2. The lowest BCUT2D eigenvalue weighted by atomic mass is 10.1. The smallest absolute Gasteiger partial charge is 0.0739 e. The van der Waals surface area contributed by atoms with Crippen LogP contribution < -0.4 is 5.32 Å². The zero-order chi connectivity index (χ0) is 7.73. The molecule has 2 unspecified atom stereocenters. The Balaban J connectivity index is 1.98. The molecule has 0 aromatic rings. The molecule has 0 aliphatic carbocycles. The first-order valence-corrected chi connectivity index (χ1v) is 6.44. The quantitative estimate of drug-likeness (QED) is 0.625. The molecule has 64 valence electrons. The van der Waals surface area contributed by atoms with Crippen LogP contribution in [0.15, 0.2) is 0 Å². The van der Waals surface area contributed by atoms with Crippen molar-refractivity contribution in [3.05, 3.63) is 0 Å². The van der Waals surface area contributed by atoms with E-state index in [1.807, 2.05) is 0 Å². The fourth-order valence-corrected chi connectivity index (χ4v) is 4.67. The fraction of sp³-hybridized carbons (Fsp3) is 1.00. The van der Waals surface area contributed by atoms with Gasteiger partial charge in [-0.1, -0.05) is 0 Å². The number of hydrogen-bond donors (Lipinski definition) is 1. The van der Waals surface area contributed by atoms with E-state index in [9.17, 15) is 0 Å². The maximum Gasteiger partial charge on any atom is 0.0739 e. The molecule has 0 amide bonds. The molecule has 11 heavy (non-hydrogen) atoms. The largest absolute Gasteiger partial charge is 0.299 e. The second-order valence-corrected chi connectivity index (χ2v) is 6.02. The van der Waals surface area contributed by atoms with E-state index in [-0.39, 0.29) is 0 Å². The van der Waals surface area contributed by atoms with Gasteiger partial charge in [0.25, 0.3) is 0 Å². The molecule has 2 fully saturated rings. The molecule has 2 aliphatic heterocycles. The molecule has 2 atom stereocenters. The summed E-state index contributed by atoms with van der Waals surface area (Å²) in [5.41, 5.74) is 0. The van der Waals surface area contributed by atoms with Crippen LogP contribution in [0.3, 0.4) is 0 Å². The first-order chi connectivity index (χ1) is 5.31. The molecule has 0 aromatic heterocycles. The fourth-order valence-electron chi connectivity index (χ4n) is 1.81. The Hall–Kier alpha value is 0.660. The van der Waals surface area contributed by atoms with Gasteiger partial charge in [-0.3, -0.25) is 5.32 Å². The molecule has 0 bridgehead atoms. The average Bonchev–Trinajstić information content (AvgIpc) is 2.34. The molecular formula is C8H15NS2. The van der Waals surface area contributed by atoms with E-state index < -0.39 is 0 Å². The third kappa shape index (κ3) is 1.70. The highest BCUT2D eigenvalue weighted by Gasteiger charge is 2.38. The summed E-state index contributed by atoms with van der Waals surface area (Å²) in [6.07, 6.45) is 2.78. The Labute approximate surface area is 77.1 Å². The van der Waals surface area contributed by atoms with Gasteiger partial charge in [0.15, 0.2) is 0 Å². The zero-order valence-electron chi connectivity index (χ0n) is 6.93. The topological polar surface area (TPSA) is 12.0 Å². The van der Waals surface area contributed by atoms with E-state index >= 15 is 0 Å². The first-order valence-electron chi connectivity index (χ1n) is 4.30. The normalized spacial score (nSPS) is 45.0. The molecule has 0 radical (unpaired) electrons. The minimum absolute atomic E-state index is 0.475. The predicted octanol–water partition coefficient (Wildman–Crippen LogP) is 1.93. The van der Waals surface area contributed by atoms with Crippen molar-refractivity contribution in [3.63, 3.8) is 0 Å². The van der Waals surface area contributed by atoms with Gasteiger partial charge in [-0.25, -0.2) is 0 Å². The average molecular weight is 189 g/mol. The van der Waals surface area contributed by atoms with Crippen molar-refractivity contribution in [3.8, 4) is 0 Å². The Morgan fingerprint density at radius 2 is 2.45 bits per heavy atom. The molecule has 0 aromatic carbocycles.